The highest BCUT2D eigenvalue weighted by Crippen LogP contribution is 2.35. The van der Waals surface area contributed by atoms with Gasteiger partial charge in [-0.2, -0.15) is 0 Å². The van der Waals surface area contributed by atoms with E-state index in [0.29, 0.717) is 0 Å². The molecule has 96 valence electrons. The maximum absolute atomic E-state index is 4.04. The molecular weight excluding hydrogens is 244 g/mol. The van der Waals surface area contributed by atoms with E-state index >= 15 is 0 Å². The van der Waals surface area contributed by atoms with Crippen LogP contribution in [0.1, 0.15) is 40.4 Å². The fraction of sp³-hybridized carbons (Fsp3) is 0.538. The molecule has 1 aliphatic rings. The highest BCUT2D eigenvalue weighted by molar-refractivity contribution is 7.12. The van der Waals surface area contributed by atoms with Crippen molar-refractivity contribution in [3.8, 4) is 0 Å². The van der Waals surface area contributed by atoms with Gasteiger partial charge in [0.1, 0.15) is 0 Å². The first kappa shape index (κ1) is 11.9. The molecule has 4 nitrogen and oxygen atoms in total. The molecule has 0 fully saturated rings. The molecule has 0 aromatic carbocycles. The first-order valence-corrected chi connectivity index (χ1v) is 7.30. The Labute approximate surface area is 111 Å². The van der Waals surface area contributed by atoms with Crippen LogP contribution in [-0.4, -0.2) is 21.5 Å². The fourth-order valence-electron chi connectivity index (χ4n) is 2.61. The second-order valence-corrected chi connectivity index (χ2v) is 5.89. The highest BCUT2D eigenvalue weighted by atomic mass is 32.1. The third-order valence-electron chi connectivity index (χ3n) is 3.50. The first-order valence-electron chi connectivity index (χ1n) is 6.49. The zero-order valence-corrected chi connectivity index (χ0v) is 11.6. The summed E-state index contributed by atoms with van der Waals surface area (Å²) in [6.07, 6.45) is 5.68. The van der Waals surface area contributed by atoms with Gasteiger partial charge in [0.25, 0.3) is 0 Å². The summed E-state index contributed by atoms with van der Waals surface area (Å²) in [7, 11) is 1.95. The minimum absolute atomic E-state index is 0.227. The fourth-order valence-corrected chi connectivity index (χ4v) is 3.95. The molecule has 0 saturated carbocycles. The molecule has 0 amide bonds. The smallest absolute Gasteiger partial charge is 0.0858 e. The lowest BCUT2D eigenvalue weighted by Gasteiger charge is -2.16. The number of aromatic nitrogens is 3. The second-order valence-electron chi connectivity index (χ2n) is 4.72. The molecule has 1 N–H and O–H groups in total. The topological polar surface area (TPSA) is 42.7 Å². The number of nitrogens with one attached hydrogen (secondary N) is 1. The lowest BCUT2D eigenvalue weighted by molar-refractivity contribution is 0.574. The van der Waals surface area contributed by atoms with E-state index in [-0.39, 0.29) is 6.04 Å². The van der Waals surface area contributed by atoms with E-state index in [1.54, 1.807) is 10.4 Å². The summed E-state index contributed by atoms with van der Waals surface area (Å²) in [5, 5.41) is 11.6. The van der Waals surface area contributed by atoms with E-state index in [0.717, 1.165) is 12.2 Å². The van der Waals surface area contributed by atoms with Gasteiger partial charge in [-0.25, -0.2) is 0 Å². The summed E-state index contributed by atoms with van der Waals surface area (Å²) in [5.41, 5.74) is 2.69. The Morgan fingerprint density at radius 3 is 3.06 bits per heavy atom. The van der Waals surface area contributed by atoms with Crippen LogP contribution < -0.4 is 5.32 Å². The molecule has 1 atom stereocenters. The number of aryl methyl sites for hydroxylation is 3. The first-order chi connectivity index (χ1) is 8.79. The Bertz CT molecular complexity index is 521. The Balaban J connectivity index is 1.96. The molecule has 2 aromatic heterocycles. The lowest BCUT2D eigenvalue weighted by Crippen LogP contribution is -2.23. The van der Waals surface area contributed by atoms with Crippen LogP contribution in [0.15, 0.2) is 12.3 Å². The van der Waals surface area contributed by atoms with E-state index in [9.17, 15) is 0 Å². The second kappa shape index (κ2) is 4.82. The third-order valence-corrected chi connectivity index (χ3v) is 4.81. The molecular formula is C13H18N4S. The van der Waals surface area contributed by atoms with Crippen LogP contribution in [0.5, 0.6) is 0 Å². The SMILES string of the molecule is CCNC(c1cc2c(s1)CCC2)c1cnnn1C. The predicted molar refractivity (Wildman–Crippen MR) is 72.9 cm³/mol. The van der Waals surface area contributed by atoms with Crippen LogP contribution in [0, 0.1) is 0 Å². The van der Waals surface area contributed by atoms with Gasteiger partial charge in [0, 0.05) is 16.8 Å². The van der Waals surface area contributed by atoms with Crippen molar-refractivity contribution >= 4 is 11.3 Å². The maximum atomic E-state index is 4.04. The molecule has 0 aliphatic heterocycles. The molecule has 0 bridgehead atoms. The average molecular weight is 262 g/mol. The summed E-state index contributed by atoms with van der Waals surface area (Å²) in [5.74, 6) is 0. The number of hydrogen-bond acceptors (Lipinski definition) is 4. The van der Waals surface area contributed by atoms with Crippen LogP contribution >= 0.6 is 11.3 Å². The number of fused-ring (bicyclic) bond motifs is 1. The van der Waals surface area contributed by atoms with E-state index < -0.39 is 0 Å². The van der Waals surface area contributed by atoms with E-state index in [1.807, 2.05) is 29.3 Å². The summed E-state index contributed by atoms with van der Waals surface area (Å²) in [4.78, 5) is 2.97. The summed E-state index contributed by atoms with van der Waals surface area (Å²) >= 11 is 1.95. The number of rotatable bonds is 4. The Morgan fingerprint density at radius 2 is 2.39 bits per heavy atom. The van der Waals surface area contributed by atoms with Crippen molar-refractivity contribution < 1.29 is 0 Å². The Kier molecular flexibility index (Phi) is 3.18. The van der Waals surface area contributed by atoms with Gasteiger partial charge in [0.05, 0.1) is 17.9 Å². The van der Waals surface area contributed by atoms with Crippen LogP contribution in [0.4, 0.5) is 0 Å². The average Bonchev–Trinajstić information content (AvgIpc) is 3.00. The third kappa shape index (κ3) is 1.97. The van der Waals surface area contributed by atoms with Gasteiger partial charge in [0.2, 0.25) is 0 Å². The molecule has 2 aromatic rings. The molecule has 3 rings (SSSR count). The minimum atomic E-state index is 0.227. The van der Waals surface area contributed by atoms with Crippen molar-refractivity contribution in [1.29, 1.82) is 0 Å². The molecule has 0 spiro atoms. The summed E-state index contributed by atoms with van der Waals surface area (Å²) in [6.45, 7) is 3.08. The van der Waals surface area contributed by atoms with E-state index in [1.165, 1.54) is 24.1 Å². The molecule has 5 heteroatoms. The normalized spacial score (nSPS) is 15.9. The van der Waals surface area contributed by atoms with Crippen LogP contribution in [-0.2, 0) is 19.9 Å². The summed E-state index contributed by atoms with van der Waals surface area (Å²) < 4.78 is 1.86. The summed E-state index contributed by atoms with van der Waals surface area (Å²) in [6, 6.07) is 2.60. The number of hydrogen-bond donors (Lipinski definition) is 1. The van der Waals surface area contributed by atoms with Crippen molar-refractivity contribution in [2.45, 2.75) is 32.2 Å². The van der Waals surface area contributed by atoms with Crippen molar-refractivity contribution in [3.05, 3.63) is 33.3 Å². The quantitative estimate of drug-likeness (QED) is 0.917. The molecule has 2 heterocycles. The van der Waals surface area contributed by atoms with Gasteiger partial charge in [-0.1, -0.05) is 12.1 Å². The predicted octanol–water partition coefficient (Wildman–Crippen LogP) is 2.06. The van der Waals surface area contributed by atoms with Crippen molar-refractivity contribution in [3.63, 3.8) is 0 Å². The van der Waals surface area contributed by atoms with Crippen molar-refractivity contribution in [2.75, 3.05) is 6.54 Å². The number of nitrogens with zero attached hydrogens (tertiary/aromatic N) is 3. The van der Waals surface area contributed by atoms with Gasteiger partial charge in [-0.05, 0) is 37.4 Å². The van der Waals surface area contributed by atoms with Crippen LogP contribution in [0.3, 0.4) is 0 Å². The van der Waals surface area contributed by atoms with Crippen molar-refractivity contribution in [1.82, 2.24) is 20.3 Å². The molecule has 0 saturated heterocycles. The van der Waals surface area contributed by atoms with Crippen LogP contribution in [0.2, 0.25) is 0 Å². The van der Waals surface area contributed by atoms with Gasteiger partial charge >= 0.3 is 0 Å². The van der Waals surface area contributed by atoms with E-state index in [4.69, 9.17) is 0 Å². The zero-order valence-electron chi connectivity index (χ0n) is 10.8. The van der Waals surface area contributed by atoms with Gasteiger partial charge in [-0.3, -0.25) is 4.68 Å². The standard InChI is InChI=1S/C13H18N4S/c1-3-14-13(10-8-15-16-17(10)2)12-7-9-5-4-6-11(9)18-12/h7-8,13-14H,3-6H2,1-2H3. The zero-order chi connectivity index (χ0) is 12.5. The largest absolute Gasteiger partial charge is 0.305 e. The molecule has 1 unspecified atom stereocenters. The molecule has 0 radical (unpaired) electrons. The lowest BCUT2D eigenvalue weighted by atomic mass is 10.1. The van der Waals surface area contributed by atoms with E-state index in [2.05, 4.69) is 28.6 Å². The Hall–Kier alpha value is -1.20. The van der Waals surface area contributed by atoms with Gasteiger partial charge in [-0.15, -0.1) is 16.4 Å². The maximum Gasteiger partial charge on any atom is 0.0858 e. The highest BCUT2D eigenvalue weighted by Gasteiger charge is 2.23. The molecule has 18 heavy (non-hydrogen) atoms. The monoisotopic (exact) mass is 262 g/mol. The molecule has 1 aliphatic carbocycles. The van der Waals surface area contributed by atoms with Crippen molar-refractivity contribution in [2.24, 2.45) is 7.05 Å². The minimum Gasteiger partial charge on any atom is -0.305 e. The number of thiophene rings is 1. The Morgan fingerprint density at radius 1 is 1.50 bits per heavy atom. The van der Waals surface area contributed by atoms with Gasteiger partial charge in [0.15, 0.2) is 0 Å². The van der Waals surface area contributed by atoms with Gasteiger partial charge < -0.3 is 5.32 Å². The van der Waals surface area contributed by atoms with Crippen LogP contribution in [0.25, 0.3) is 0 Å².